The van der Waals surface area contributed by atoms with Gasteiger partial charge in [-0.1, -0.05) is 56.7 Å². The van der Waals surface area contributed by atoms with E-state index in [2.05, 4.69) is 137 Å². The molecular formula is C42H42N4O. The molecule has 0 aliphatic carbocycles. The number of para-hydroxylation sites is 1. The molecule has 5 heteroatoms. The van der Waals surface area contributed by atoms with E-state index in [0.29, 0.717) is 0 Å². The van der Waals surface area contributed by atoms with Gasteiger partial charge in [0.2, 0.25) is 0 Å². The zero-order valence-electron chi connectivity index (χ0n) is 28.5. The zero-order chi connectivity index (χ0) is 32.8. The Morgan fingerprint density at radius 2 is 1.40 bits per heavy atom. The van der Waals surface area contributed by atoms with E-state index in [1.807, 2.05) is 12.3 Å². The van der Waals surface area contributed by atoms with Gasteiger partial charge in [-0.25, -0.2) is 9.67 Å². The Labute approximate surface area is 277 Å². The molecule has 3 heterocycles. The predicted octanol–water partition coefficient (Wildman–Crippen LogP) is 10.7. The number of ether oxygens (including phenoxy) is 1. The van der Waals surface area contributed by atoms with E-state index >= 15 is 0 Å². The summed E-state index contributed by atoms with van der Waals surface area (Å²) in [6, 6.07) is 30.1. The molecule has 0 unspecified atom stereocenters. The van der Waals surface area contributed by atoms with Crippen molar-refractivity contribution in [2.75, 3.05) is 0 Å². The summed E-state index contributed by atoms with van der Waals surface area (Å²) in [5.74, 6) is 2.48. The van der Waals surface area contributed by atoms with Gasteiger partial charge in [-0.05, 0) is 117 Å². The molecule has 0 saturated carbocycles. The lowest BCUT2D eigenvalue weighted by molar-refractivity contribution is 0.482. The first-order chi connectivity index (χ1) is 22.8. The standard InChI is InChI=1S/C42H42N4O/c1-8-30-22-31(46-37(10-3)42(36(9-2)44-46)41-28(6)19-27(5)20-29(41)7)24-33(23-30)47-32-15-16-35-34-13-11-12-14-38(34)45(39(35)25-32)40-21-26(4)17-18-43-40/h11-25H,8-10H2,1-7H3. The maximum atomic E-state index is 6.70. The first kappa shape index (κ1) is 30.5. The minimum absolute atomic E-state index is 0.783. The fourth-order valence-electron chi connectivity index (χ4n) is 7.22. The second-order valence-corrected chi connectivity index (χ2v) is 12.7. The normalized spacial score (nSPS) is 11.6. The highest BCUT2D eigenvalue weighted by molar-refractivity contribution is 6.09. The van der Waals surface area contributed by atoms with Crippen LogP contribution in [0.1, 0.15) is 60.0 Å². The van der Waals surface area contributed by atoms with Crippen molar-refractivity contribution in [2.24, 2.45) is 0 Å². The van der Waals surface area contributed by atoms with Gasteiger partial charge in [0.05, 0.1) is 28.1 Å². The van der Waals surface area contributed by atoms with Crippen molar-refractivity contribution in [1.82, 2.24) is 19.3 Å². The number of hydrogen-bond acceptors (Lipinski definition) is 3. The molecule has 0 bridgehead atoms. The Morgan fingerprint density at radius 1 is 0.638 bits per heavy atom. The van der Waals surface area contributed by atoms with Gasteiger partial charge in [0.25, 0.3) is 0 Å². The molecule has 0 amide bonds. The molecule has 0 N–H and O–H groups in total. The third kappa shape index (κ3) is 5.40. The lowest BCUT2D eigenvalue weighted by atomic mass is 9.91. The summed E-state index contributed by atoms with van der Waals surface area (Å²) in [4.78, 5) is 4.75. The molecule has 3 aromatic heterocycles. The van der Waals surface area contributed by atoms with Crippen molar-refractivity contribution in [2.45, 2.75) is 67.7 Å². The fourth-order valence-corrected chi connectivity index (χ4v) is 7.22. The third-order valence-corrected chi connectivity index (χ3v) is 9.27. The van der Waals surface area contributed by atoms with E-state index in [9.17, 15) is 0 Å². The number of rotatable bonds is 8. The fraction of sp³-hybridized carbons (Fsp3) is 0.238. The van der Waals surface area contributed by atoms with Crippen molar-refractivity contribution in [3.8, 4) is 34.1 Å². The van der Waals surface area contributed by atoms with Crippen LogP contribution in [0.4, 0.5) is 0 Å². The quantitative estimate of drug-likeness (QED) is 0.170. The minimum Gasteiger partial charge on any atom is -0.457 e. The lowest BCUT2D eigenvalue weighted by Crippen LogP contribution is -2.04. The summed E-state index contributed by atoms with van der Waals surface area (Å²) >= 11 is 0. The number of fused-ring (bicyclic) bond motifs is 3. The van der Waals surface area contributed by atoms with Crippen molar-refractivity contribution in [1.29, 1.82) is 0 Å². The van der Waals surface area contributed by atoms with Crippen LogP contribution in [0.2, 0.25) is 0 Å². The molecule has 0 spiro atoms. The summed E-state index contributed by atoms with van der Waals surface area (Å²) in [5.41, 5.74) is 14.4. The average molecular weight is 619 g/mol. The summed E-state index contributed by atoms with van der Waals surface area (Å²) in [6.45, 7) is 15.3. The van der Waals surface area contributed by atoms with Gasteiger partial charge in [0, 0.05) is 34.7 Å². The SMILES string of the molecule is CCc1cc(Oc2ccc3c4ccccc4n(-c4cc(C)ccn4)c3c2)cc(-n2nc(CC)c(-c3c(C)cc(C)cc3C)c2CC)c1. The Kier molecular flexibility index (Phi) is 7.93. The molecular weight excluding hydrogens is 576 g/mol. The van der Waals surface area contributed by atoms with E-state index in [1.54, 1.807) is 0 Å². The van der Waals surface area contributed by atoms with E-state index in [-0.39, 0.29) is 0 Å². The number of benzene rings is 4. The van der Waals surface area contributed by atoms with Crippen molar-refractivity contribution in [3.63, 3.8) is 0 Å². The molecule has 0 aliphatic heterocycles. The van der Waals surface area contributed by atoms with Gasteiger partial charge in [-0.2, -0.15) is 5.10 Å². The average Bonchev–Trinajstić information content (AvgIpc) is 3.59. The van der Waals surface area contributed by atoms with Crippen LogP contribution in [0.25, 0.3) is 44.4 Å². The van der Waals surface area contributed by atoms with Crippen LogP contribution in [0.3, 0.4) is 0 Å². The van der Waals surface area contributed by atoms with Crippen LogP contribution in [0, 0.1) is 27.7 Å². The molecule has 0 aliphatic rings. The monoisotopic (exact) mass is 618 g/mol. The van der Waals surface area contributed by atoms with Crippen LogP contribution < -0.4 is 4.74 Å². The van der Waals surface area contributed by atoms with Crippen LogP contribution in [0.15, 0.2) is 91.1 Å². The Morgan fingerprint density at radius 3 is 2.13 bits per heavy atom. The third-order valence-electron chi connectivity index (χ3n) is 9.27. The van der Waals surface area contributed by atoms with Crippen LogP contribution in [0.5, 0.6) is 11.5 Å². The van der Waals surface area contributed by atoms with E-state index in [1.165, 1.54) is 55.4 Å². The maximum absolute atomic E-state index is 6.70. The molecule has 4 aromatic carbocycles. The molecule has 0 atom stereocenters. The molecule has 7 rings (SSSR count). The van der Waals surface area contributed by atoms with Gasteiger partial charge >= 0.3 is 0 Å². The summed E-state index contributed by atoms with van der Waals surface area (Å²) < 4.78 is 11.1. The molecule has 0 radical (unpaired) electrons. The van der Waals surface area contributed by atoms with Crippen LogP contribution >= 0.6 is 0 Å². The largest absolute Gasteiger partial charge is 0.457 e. The minimum atomic E-state index is 0.783. The summed E-state index contributed by atoms with van der Waals surface area (Å²) in [7, 11) is 0. The number of pyridine rings is 1. The molecule has 0 saturated heterocycles. The molecule has 5 nitrogen and oxygen atoms in total. The van der Waals surface area contributed by atoms with Gasteiger partial charge in [-0.3, -0.25) is 4.57 Å². The van der Waals surface area contributed by atoms with Gasteiger partial charge in [0.1, 0.15) is 17.3 Å². The highest BCUT2D eigenvalue weighted by atomic mass is 16.5. The van der Waals surface area contributed by atoms with E-state index in [0.717, 1.165) is 59.0 Å². The van der Waals surface area contributed by atoms with E-state index < -0.39 is 0 Å². The van der Waals surface area contributed by atoms with Crippen LogP contribution in [-0.4, -0.2) is 19.3 Å². The number of aromatic nitrogens is 4. The Hall–Kier alpha value is -5.16. The molecule has 7 aromatic rings. The first-order valence-corrected chi connectivity index (χ1v) is 16.8. The van der Waals surface area contributed by atoms with Crippen molar-refractivity contribution < 1.29 is 4.74 Å². The van der Waals surface area contributed by atoms with Gasteiger partial charge in [-0.15, -0.1) is 0 Å². The Balaban J connectivity index is 1.35. The second kappa shape index (κ2) is 12.2. The number of nitrogens with zero attached hydrogens (tertiary/aromatic N) is 4. The molecule has 236 valence electrons. The summed E-state index contributed by atoms with van der Waals surface area (Å²) in [5, 5.41) is 7.61. The second-order valence-electron chi connectivity index (χ2n) is 12.7. The predicted molar refractivity (Wildman–Crippen MR) is 195 cm³/mol. The Bertz CT molecular complexity index is 2260. The van der Waals surface area contributed by atoms with Gasteiger partial charge in [0.15, 0.2) is 0 Å². The van der Waals surface area contributed by atoms with Gasteiger partial charge < -0.3 is 4.74 Å². The highest BCUT2D eigenvalue weighted by Crippen LogP contribution is 2.38. The van der Waals surface area contributed by atoms with Crippen molar-refractivity contribution >= 4 is 21.8 Å². The smallest absolute Gasteiger partial charge is 0.137 e. The molecule has 0 fully saturated rings. The number of aryl methyl sites for hydroxylation is 6. The lowest BCUT2D eigenvalue weighted by Gasteiger charge is -2.15. The van der Waals surface area contributed by atoms with Crippen molar-refractivity contribution in [3.05, 3.63) is 130 Å². The topological polar surface area (TPSA) is 44.9 Å². The zero-order valence-corrected chi connectivity index (χ0v) is 28.5. The summed E-state index contributed by atoms with van der Waals surface area (Å²) in [6.07, 6.45) is 4.50. The maximum Gasteiger partial charge on any atom is 0.137 e. The highest BCUT2D eigenvalue weighted by Gasteiger charge is 2.22. The van der Waals surface area contributed by atoms with E-state index in [4.69, 9.17) is 14.8 Å². The number of hydrogen-bond donors (Lipinski definition) is 0. The molecule has 47 heavy (non-hydrogen) atoms. The van der Waals surface area contributed by atoms with Crippen LogP contribution in [-0.2, 0) is 19.3 Å². The first-order valence-electron chi connectivity index (χ1n) is 16.8.